The van der Waals surface area contributed by atoms with Crippen LogP contribution in [0.15, 0.2) is 83.3 Å². The second-order valence-electron chi connectivity index (χ2n) is 7.58. The summed E-state index contributed by atoms with van der Waals surface area (Å²) < 4.78 is 35.5. The highest BCUT2D eigenvalue weighted by Gasteiger charge is 2.36. The van der Waals surface area contributed by atoms with E-state index in [0.29, 0.717) is 11.3 Å². The number of carbonyl (C=O) groups is 3. The SMILES string of the molecule is COc1ccc(N2C(=O)NC(=O)/C(=C/c3cccc(OS(=O)(=O)c4ccc(C)cc4)c3)C2=O)cc1. The maximum absolute atomic E-state index is 13.0. The van der Waals surface area contributed by atoms with Gasteiger partial charge in [-0.15, -0.1) is 0 Å². The van der Waals surface area contributed by atoms with Crippen molar-refractivity contribution < 1.29 is 31.7 Å². The smallest absolute Gasteiger partial charge is 0.339 e. The molecule has 0 atom stereocenters. The molecule has 1 N–H and O–H groups in total. The molecule has 0 bridgehead atoms. The first kappa shape index (κ1) is 23.7. The van der Waals surface area contributed by atoms with Gasteiger partial charge in [0, 0.05) is 0 Å². The molecule has 1 aliphatic rings. The summed E-state index contributed by atoms with van der Waals surface area (Å²) in [4.78, 5) is 38.7. The zero-order valence-electron chi connectivity index (χ0n) is 18.7. The standard InChI is InChI=1S/C25H20N2O7S/c1-16-6-12-21(13-7-16)35(31,32)34-20-5-3-4-17(14-20)15-22-23(28)26-25(30)27(24(22)29)18-8-10-19(33-2)11-9-18/h3-15H,1-2H3,(H,26,28,30)/b22-15-. The molecular weight excluding hydrogens is 472 g/mol. The van der Waals surface area contributed by atoms with Gasteiger partial charge in [-0.2, -0.15) is 8.42 Å². The van der Waals surface area contributed by atoms with Crippen molar-refractivity contribution in [3.05, 3.63) is 89.5 Å². The van der Waals surface area contributed by atoms with Gasteiger partial charge in [0.2, 0.25) is 0 Å². The Hall–Kier alpha value is -4.44. The zero-order valence-corrected chi connectivity index (χ0v) is 19.5. The molecule has 9 nitrogen and oxygen atoms in total. The van der Waals surface area contributed by atoms with E-state index in [2.05, 4.69) is 5.32 Å². The molecule has 0 saturated carbocycles. The summed E-state index contributed by atoms with van der Waals surface area (Å²) in [5.74, 6) is -1.18. The molecule has 1 heterocycles. The van der Waals surface area contributed by atoms with Gasteiger partial charge < -0.3 is 8.92 Å². The molecule has 0 radical (unpaired) electrons. The van der Waals surface area contributed by atoms with Crippen LogP contribution in [0.2, 0.25) is 0 Å². The van der Waals surface area contributed by atoms with Crippen molar-refractivity contribution in [3.8, 4) is 11.5 Å². The number of rotatable bonds is 6. The average molecular weight is 493 g/mol. The van der Waals surface area contributed by atoms with Crippen molar-refractivity contribution in [1.29, 1.82) is 0 Å². The molecule has 4 amide bonds. The first-order chi connectivity index (χ1) is 16.7. The fourth-order valence-corrected chi connectivity index (χ4v) is 4.25. The lowest BCUT2D eigenvalue weighted by Crippen LogP contribution is -2.54. The van der Waals surface area contributed by atoms with E-state index >= 15 is 0 Å². The van der Waals surface area contributed by atoms with Gasteiger partial charge in [-0.05, 0) is 67.1 Å². The van der Waals surface area contributed by atoms with E-state index in [1.54, 1.807) is 30.3 Å². The number of methoxy groups -OCH3 is 1. The minimum absolute atomic E-state index is 0.00771. The van der Waals surface area contributed by atoms with Crippen molar-refractivity contribution in [3.63, 3.8) is 0 Å². The van der Waals surface area contributed by atoms with Gasteiger partial charge in [0.1, 0.15) is 22.0 Å². The third-order valence-corrected chi connectivity index (χ3v) is 6.38. The van der Waals surface area contributed by atoms with E-state index in [1.165, 1.54) is 55.7 Å². The number of nitrogens with one attached hydrogen (secondary N) is 1. The molecule has 0 aromatic heterocycles. The number of hydrogen-bond acceptors (Lipinski definition) is 7. The molecule has 0 spiro atoms. The Balaban J connectivity index is 1.62. The Morgan fingerprint density at radius 1 is 0.886 bits per heavy atom. The molecule has 35 heavy (non-hydrogen) atoms. The normalized spacial score (nSPS) is 15.2. The maximum atomic E-state index is 13.0. The van der Waals surface area contributed by atoms with Crippen molar-refractivity contribution >= 4 is 39.7 Å². The summed E-state index contributed by atoms with van der Waals surface area (Å²) in [5.41, 5.74) is 1.16. The summed E-state index contributed by atoms with van der Waals surface area (Å²) in [5, 5.41) is 2.14. The molecule has 1 saturated heterocycles. The Kier molecular flexibility index (Phi) is 6.39. The van der Waals surface area contributed by atoms with Crippen LogP contribution in [0, 0.1) is 6.92 Å². The summed E-state index contributed by atoms with van der Waals surface area (Å²) >= 11 is 0. The number of aryl methyl sites for hydroxylation is 1. The number of barbiturate groups is 1. The van der Waals surface area contributed by atoms with Gasteiger partial charge in [0.15, 0.2) is 0 Å². The van der Waals surface area contributed by atoms with Gasteiger partial charge in [0.25, 0.3) is 11.8 Å². The third kappa shape index (κ3) is 5.07. The summed E-state index contributed by atoms with van der Waals surface area (Å²) in [6.07, 6.45) is 1.26. The summed E-state index contributed by atoms with van der Waals surface area (Å²) in [6.45, 7) is 1.83. The molecule has 3 aromatic carbocycles. The second kappa shape index (κ2) is 9.43. The molecule has 0 aliphatic carbocycles. The minimum Gasteiger partial charge on any atom is -0.497 e. The van der Waals surface area contributed by atoms with Crippen LogP contribution in [-0.4, -0.2) is 33.4 Å². The Bertz CT molecular complexity index is 1440. The van der Waals surface area contributed by atoms with Gasteiger partial charge in [-0.1, -0.05) is 29.8 Å². The van der Waals surface area contributed by atoms with Gasteiger partial charge in [0.05, 0.1) is 12.8 Å². The van der Waals surface area contributed by atoms with Gasteiger partial charge in [-0.3, -0.25) is 14.9 Å². The first-order valence-corrected chi connectivity index (χ1v) is 11.8. The molecule has 0 unspecified atom stereocenters. The topological polar surface area (TPSA) is 119 Å². The highest BCUT2D eigenvalue weighted by atomic mass is 32.2. The fraction of sp³-hybridized carbons (Fsp3) is 0.0800. The number of ether oxygens (including phenoxy) is 1. The highest BCUT2D eigenvalue weighted by Crippen LogP contribution is 2.26. The monoisotopic (exact) mass is 492 g/mol. The van der Waals surface area contributed by atoms with E-state index in [0.717, 1.165) is 10.5 Å². The molecule has 178 valence electrons. The Labute approximate surface area is 201 Å². The number of amides is 4. The summed E-state index contributed by atoms with van der Waals surface area (Å²) in [6, 6.07) is 17.3. The second-order valence-corrected chi connectivity index (χ2v) is 9.13. The van der Waals surface area contributed by atoms with Crippen LogP contribution in [-0.2, 0) is 19.7 Å². The largest absolute Gasteiger partial charge is 0.497 e. The molecular formula is C25H20N2O7S. The van der Waals surface area contributed by atoms with Crippen molar-refractivity contribution in [1.82, 2.24) is 5.32 Å². The highest BCUT2D eigenvalue weighted by molar-refractivity contribution is 7.87. The first-order valence-electron chi connectivity index (χ1n) is 10.3. The third-order valence-electron chi connectivity index (χ3n) is 5.12. The number of hydrogen-bond donors (Lipinski definition) is 1. The molecule has 3 aromatic rings. The number of benzene rings is 3. The van der Waals surface area contributed by atoms with Crippen LogP contribution in [0.25, 0.3) is 6.08 Å². The number of imide groups is 2. The van der Waals surface area contributed by atoms with Crippen molar-refractivity contribution in [2.75, 3.05) is 12.0 Å². The number of nitrogens with zero attached hydrogens (tertiary/aromatic N) is 1. The van der Waals surface area contributed by atoms with E-state index < -0.39 is 28.0 Å². The lowest BCUT2D eigenvalue weighted by molar-refractivity contribution is -0.122. The van der Waals surface area contributed by atoms with Gasteiger partial charge >= 0.3 is 16.1 Å². The lowest BCUT2D eigenvalue weighted by Gasteiger charge is -2.26. The van der Waals surface area contributed by atoms with E-state index in [1.807, 2.05) is 6.92 Å². The van der Waals surface area contributed by atoms with Crippen LogP contribution in [0.3, 0.4) is 0 Å². The summed E-state index contributed by atoms with van der Waals surface area (Å²) in [7, 11) is -2.61. The van der Waals surface area contributed by atoms with Crippen molar-refractivity contribution in [2.45, 2.75) is 11.8 Å². The Morgan fingerprint density at radius 3 is 2.23 bits per heavy atom. The number of anilines is 1. The van der Waals surface area contributed by atoms with Crippen LogP contribution in [0.4, 0.5) is 10.5 Å². The van der Waals surface area contributed by atoms with Crippen LogP contribution >= 0.6 is 0 Å². The van der Waals surface area contributed by atoms with E-state index in [4.69, 9.17) is 8.92 Å². The quantitative estimate of drug-likeness (QED) is 0.318. The van der Waals surface area contributed by atoms with Crippen molar-refractivity contribution in [2.24, 2.45) is 0 Å². The average Bonchev–Trinajstić information content (AvgIpc) is 2.82. The van der Waals surface area contributed by atoms with E-state index in [-0.39, 0.29) is 21.9 Å². The molecule has 1 aliphatic heterocycles. The Morgan fingerprint density at radius 2 is 1.57 bits per heavy atom. The molecule has 10 heteroatoms. The predicted molar refractivity (Wildman–Crippen MR) is 127 cm³/mol. The van der Waals surface area contributed by atoms with E-state index in [9.17, 15) is 22.8 Å². The number of urea groups is 1. The maximum Gasteiger partial charge on any atom is 0.339 e. The lowest BCUT2D eigenvalue weighted by atomic mass is 10.1. The fourth-order valence-electron chi connectivity index (χ4n) is 3.33. The van der Waals surface area contributed by atoms with Crippen LogP contribution in [0.5, 0.6) is 11.5 Å². The predicted octanol–water partition coefficient (Wildman–Crippen LogP) is 3.44. The van der Waals surface area contributed by atoms with Crippen LogP contribution in [0.1, 0.15) is 11.1 Å². The number of carbonyl (C=O) groups excluding carboxylic acids is 3. The molecule has 4 rings (SSSR count). The van der Waals surface area contributed by atoms with Gasteiger partial charge in [-0.25, -0.2) is 9.69 Å². The minimum atomic E-state index is -4.09. The molecule has 1 fully saturated rings. The van der Waals surface area contributed by atoms with Crippen LogP contribution < -0.4 is 19.1 Å². The zero-order chi connectivity index (χ0) is 25.2.